The fourth-order valence-electron chi connectivity index (χ4n) is 1.16. The zero-order valence-corrected chi connectivity index (χ0v) is 8.64. The van der Waals surface area contributed by atoms with Crippen molar-refractivity contribution in [1.29, 1.82) is 0 Å². The van der Waals surface area contributed by atoms with Crippen molar-refractivity contribution in [2.45, 2.75) is 12.6 Å². The molecule has 0 spiro atoms. The number of benzene rings is 1. The lowest BCUT2D eigenvalue weighted by molar-refractivity contribution is -0.137. The van der Waals surface area contributed by atoms with E-state index in [0.29, 0.717) is 6.07 Å². The minimum atomic E-state index is -4.58. The summed E-state index contributed by atoms with van der Waals surface area (Å²) in [5.41, 5.74) is 3.70. The zero-order valence-electron chi connectivity index (χ0n) is 8.64. The van der Waals surface area contributed by atoms with Crippen LogP contribution in [0.15, 0.2) is 18.2 Å². The van der Waals surface area contributed by atoms with Crippen LogP contribution in [-0.4, -0.2) is 12.5 Å². The third-order valence-corrected chi connectivity index (χ3v) is 1.98. The molecule has 1 amide bonds. The van der Waals surface area contributed by atoms with E-state index in [-0.39, 0.29) is 18.7 Å². The topological polar surface area (TPSA) is 55.1 Å². The largest absolute Gasteiger partial charge is 0.416 e. The Morgan fingerprint density at radius 2 is 2.00 bits per heavy atom. The Hall–Kier alpha value is -1.79. The Bertz CT molecular complexity index is 417. The highest BCUT2D eigenvalue weighted by Gasteiger charge is 2.31. The van der Waals surface area contributed by atoms with Gasteiger partial charge in [-0.25, -0.2) is 4.39 Å². The second-order valence-corrected chi connectivity index (χ2v) is 3.34. The summed E-state index contributed by atoms with van der Waals surface area (Å²) in [4.78, 5) is 10.4. The van der Waals surface area contributed by atoms with Crippen molar-refractivity contribution in [3.63, 3.8) is 0 Å². The maximum absolute atomic E-state index is 13.2. The molecule has 94 valence electrons. The number of nitrogens with two attached hydrogens (primary N) is 1. The van der Waals surface area contributed by atoms with Crippen LogP contribution in [0.1, 0.15) is 12.0 Å². The summed E-state index contributed by atoms with van der Waals surface area (Å²) in [6.45, 7) is 0.0671. The van der Waals surface area contributed by atoms with Gasteiger partial charge in [0.2, 0.25) is 5.91 Å². The molecule has 1 rings (SSSR count). The number of anilines is 1. The fraction of sp³-hybridized carbons (Fsp3) is 0.300. The van der Waals surface area contributed by atoms with E-state index >= 15 is 0 Å². The molecule has 0 aliphatic rings. The van der Waals surface area contributed by atoms with Gasteiger partial charge in [0.25, 0.3) is 0 Å². The third kappa shape index (κ3) is 3.93. The van der Waals surface area contributed by atoms with Crippen molar-refractivity contribution in [2.75, 3.05) is 11.9 Å². The standard InChI is InChI=1S/C10H10F4N2O/c11-7-5-6(10(12,13)14)1-2-8(7)16-4-3-9(15)17/h1-2,5,16H,3-4H2,(H2,15,17). The normalized spacial score (nSPS) is 11.3. The van der Waals surface area contributed by atoms with E-state index in [1.165, 1.54) is 0 Å². The van der Waals surface area contributed by atoms with Gasteiger partial charge in [-0.15, -0.1) is 0 Å². The minimum Gasteiger partial charge on any atom is -0.382 e. The lowest BCUT2D eigenvalue weighted by Gasteiger charge is -2.10. The second-order valence-electron chi connectivity index (χ2n) is 3.34. The van der Waals surface area contributed by atoms with Gasteiger partial charge in [0, 0.05) is 13.0 Å². The van der Waals surface area contributed by atoms with E-state index in [9.17, 15) is 22.4 Å². The van der Waals surface area contributed by atoms with Crippen molar-refractivity contribution in [3.8, 4) is 0 Å². The van der Waals surface area contributed by atoms with Crippen LogP contribution in [0, 0.1) is 5.82 Å². The SMILES string of the molecule is NC(=O)CCNc1ccc(C(F)(F)F)cc1F. The summed E-state index contributed by atoms with van der Waals surface area (Å²) < 4.78 is 49.9. The van der Waals surface area contributed by atoms with Crippen LogP contribution in [-0.2, 0) is 11.0 Å². The van der Waals surface area contributed by atoms with Crippen LogP contribution < -0.4 is 11.1 Å². The molecular weight excluding hydrogens is 240 g/mol. The van der Waals surface area contributed by atoms with E-state index in [1.54, 1.807) is 0 Å². The molecule has 0 bridgehead atoms. The molecule has 3 N–H and O–H groups in total. The van der Waals surface area contributed by atoms with E-state index < -0.39 is 23.5 Å². The van der Waals surface area contributed by atoms with Crippen molar-refractivity contribution < 1.29 is 22.4 Å². The summed E-state index contributed by atoms with van der Waals surface area (Å²) in [7, 11) is 0. The summed E-state index contributed by atoms with van der Waals surface area (Å²) in [5.74, 6) is -1.60. The first-order chi connectivity index (χ1) is 7.80. The Kier molecular flexibility index (Phi) is 3.93. The summed E-state index contributed by atoms with van der Waals surface area (Å²) >= 11 is 0. The Labute approximate surface area is 94.6 Å². The van der Waals surface area contributed by atoms with Gasteiger partial charge in [-0.05, 0) is 18.2 Å². The summed E-state index contributed by atoms with van der Waals surface area (Å²) in [6.07, 6.45) is -4.60. The van der Waals surface area contributed by atoms with Crippen molar-refractivity contribution in [1.82, 2.24) is 0 Å². The molecule has 0 aliphatic heterocycles. The fourth-order valence-corrected chi connectivity index (χ4v) is 1.16. The molecule has 0 heterocycles. The van der Waals surface area contributed by atoms with Crippen molar-refractivity contribution in [3.05, 3.63) is 29.6 Å². The van der Waals surface area contributed by atoms with E-state index in [0.717, 1.165) is 12.1 Å². The van der Waals surface area contributed by atoms with E-state index in [4.69, 9.17) is 5.73 Å². The number of rotatable bonds is 4. The Morgan fingerprint density at radius 3 is 2.47 bits per heavy atom. The monoisotopic (exact) mass is 250 g/mol. The molecule has 7 heteroatoms. The molecular formula is C10H10F4N2O. The van der Waals surface area contributed by atoms with Crippen LogP contribution in [0.25, 0.3) is 0 Å². The molecule has 0 unspecified atom stereocenters. The summed E-state index contributed by atoms with van der Waals surface area (Å²) in [5, 5.41) is 2.48. The van der Waals surface area contributed by atoms with Crippen LogP contribution in [0.4, 0.5) is 23.2 Å². The van der Waals surface area contributed by atoms with Gasteiger partial charge in [-0.3, -0.25) is 4.79 Å². The van der Waals surface area contributed by atoms with Crippen LogP contribution in [0.2, 0.25) is 0 Å². The predicted octanol–water partition coefficient (Wildman–Crippen LogP) is 2.13. The number of nitrogens with one attached hydrogen (secondary N) is 1. The first-order valence-electron chi connectivity index (χ1n) is 4.69. The molecule has 0 aliphatic carbocycles. The molecule has 0 saturated heterocycles. The van der Waals surface area contributed by atoms with Crippen molar-refractivity contribution >= 4 is 11.6 Å². The highest BCUT2D eigenvalue weighted by atomic mass is 19.4. The van der Waals surface area contributed by atoms with Crippen LogP contribution in [0.5, 0.6) is 0 Å². The van der Waals surface area contributed by atoms with Gasteiger partial charge in [-0.2, -0.15) is 13.2 Å². The van der Waals surface area contributed by atoms with Crippen LogP contribution in [0.3, 0.4) is 0 Å². The lowest BCUT2D eigenvalue weighted by Crippen LogP contribution is -2.16. The molecule has 0 saturated carbocycles. The number of alkyl halides is 3. The molecule has 0 aromatic heterocycles. The van der Waals surface area contributed by atoms with Gasteiger partial charge in [0.05, 0.1) is 11.3 Å². The number of halogens is 4. The number of hydrogen-bond acceptors (Lipinski definition) is 2. The first kappa shape index (κ1) is 13.3. The molecule has 1 aromatic rings. The highest BCUT2D eigenvalue weighted by molar-refractivity contribution is 5.74. The highest BCUT2D eigenvalue weighted by Crippen LogP contribution is 2.31. The number of primary amides is 1. The number of hydrogen-bond donors (Lipinski definition) is 2. The van der Waals surface area contributed by atoms with Gasteiger partial charge in [0.15, 0.2) is 0 Å². The third-order valence-electron chi connectivity index (χ3n) is 1.98. The molecule has 0 atom stereocenters. The maximum Gasteiger partial charge on any atom is 0.416 e. The van der Waals surface area contributed by atoms with Crippen LogP contribution >= 0.6 is 0 Å². The lowest BCUT2D eigenvalue weighted by atomic mass is 10.2. The number of amides is 1. The average Bonchev–Trinajstić information content (AvgIpc) is 2.18. The Morgan fingerprint density at radius 1 is 1.35 bits per heavy atom. The Balaban J connectivity index is 2.73. The molecule has 3 nitrogen and oxygen atoms in total. The predicted molar refractivity (Wildman–Crippen MR) is 53.7 cm³/mol. The number of carbonyl (C=O) groups is 1. The number of carbonyl (C=O) groups excluding carboxylic acids is 1. The van der Waals surface area contributed by atoms with E-state index in [1.807, 2.05) is 0 Å². The van der Waals surface area contributed by atoms with E-state index in [2.05, 4.69) is 5.32 Å². The average molecular weight is 250 g/mol. The zero-order chi connectivity index (χ0) is 13.1. The molecule has 1 aromatic carbocycles. The quantitative estimate of drug-likeness (QED) is 0.804. The first-order valence-corrected chi connectivity index (χ1v) is 4.69. The molecule has 0 radical (unpaired) electrons. The summed E-state index contributed by atoms with van der Waals surface area (Å²) in [6, 6.07) is 2.13. The molecule has 0 fully saturated rings. The second kappa shape index (κ2) is 5.03. The van der Waals surface area contributed by atoms with Gasteiger partial charge >= 0.3 is 6.18 Å². The van der Waals surface area contributed by atoms with Gasteiger partial charge < -0.3 is 11.1 Å². The minimum absolute atomic E-state index is 0.0273. The molecule has 17 heavy (non-hydrogen) atoms. The maximum atomic E-state index is 13.2. The van der Waals surface area contributed by atoms with Gasteiger partial charge in [0.1, 0.15) is 5.82 Å². The van der Waals surface area contributed by atoms with Crippen molar-refractivity contribution in [2.24, 2.45) is 5.73 Å². The van der Waals surface area contributed by atoms with Gasteiger partial charge in [-0.1, -0.05) is 0 Å². The smallest absolute Gasteiger partial charge is 0.382 e.